The van der Waals surface area contributed by atoms with E-state index in [-0.39, 0.29) is 43.6 Å². The molecule has 0 bridgehead atoms. The number of carbonyl (C=O) groups is 6. The summed E-state index contributed by atoms with van der Waals surface area (Å²) in [5.74, 6) is -3.51. The van der Waals surface area contributed by atoms with Crippen LogP contribution < -0.4 is 10.6 Å². The number of ether oxygens (including phenoxy) is 1. The molecule has 12 nitrogen and oxygen atoms in total. The topological polar surface area (TPSA) is 145 Å². The summed E-state index contributed by atoms with van der Waals surface area (Å²) in [5.41, 5.74) is 0.808. The van der Waals surface area contributed by atoms with Crippen LogP contribution in [0.4, 0.5) is 0 Å². The third-order valence-electron chi connectivity index (χ3n) is 8.91. The molecule has 260 valence electrons. The highest BCUT2D eigenvalue weighted by Crippen LogP contribution is 2.24. The van der Waals surface area contributed by atoms with Gasteiger partial charge in [-0.05, 0) is 42.6 Å². The number of fused-ring (bicyclic) bond motifs is 1. The maximum absolute atomic E-state index is 14.3. The molecule has 3 rings (SSSR count). The highest BCUT2D eigenvalue weighted by Gasteiger charge is 2.42. The van der Waals surface area contributed by atoms with Crippen molar-refractivity contribution in [3.8, 4) is 0 Å². The molecule has 2 unspecified atom stereocenters. The lowest BCUT2D eigenvalue weighted by molar-refractivity contribution is -0.162. The molecule has 0 aliphatic carbocycles. The van der Waals surface area contributed by atoms with Crippen molar-refractivity contribution in [3.63, 3.8) is 0 Å². The number of likely N-dealkylation sites (N-methyl/N-ethyl adjacent to an activating group) is 2. The average Bonchev–Trinajstić information content (AvgIpc) is 3.49. The predicted molar refractivity (Wildman–Crippen MR) is 177 cm³/mol. The molecule has 12 heteroatoms. The lowest BCUT2D eigenvalue weighted by Crippen LogP contribution is -2.61. The molecule has 2 aliphatic rings. The van der Waals surface area contributed by atoms with E-state index < -0.39 is 65.8 Å². The van der Waals surface area contributed by atoms with Gasteiger partial charge in [0.2, 0.25) is 23.6 Å². The third kappa shape index (κ3) is 9.54. The number of hydrogen-bond donors (Lipinski definition) is 2. The number of hydrogen-bond acceptors (Lipinski definition) is 7. The van der Waals surface area contributed by atoms with Crippen LogP contribution in [0.1, 0.15) is 72.8 Å². The summed E-state index contributed by atoms with van der Waals surface area (Å²) in [6.07, 6.45) is 0.120. The molecular weight excluding hydrogens is 602 g/mol. The Labute approximate surface area is 278 Å². The van der Waals surface area contributed by atoms with E-state index in [0.29, 0.717) is 19.4 Å². The second kappa shape index (κ2) is 16.7. The molecule has 2 N–H and O–H groups in total. The summed E-state index contributed by atoms with van der Waals surface area (Å²) in [6.45, 7) is 11.4. The number of nitrogens with one attached hydrogen (secondary N) is 2. The molecule has 2 heterocycles. The molecule has 1 aromatic rings. The van der Waals surface area contributed by atoms with Crippen LogP contribution in [0, 0.1) is 17.8 Å². The van der Waals surface area contributed by atoms with E-state index in [1.165, 1.54) is 21.7 Å². The Morgan fingerprint density at radius 2 is 1.43 bits per heavy atom. The Hall–Kier alpha value is -3.96. The number of amides is 5. The fourth-order valence-electron chi connectivity index (χ4n) is 6.60. The van der Waals surface area contributed by atoms with Crippen molar-refractivity contribution < 1.29 is 33.5 Å². The van der Waals surface area contributed by atoms with Gasteiger partial charge in [-0.2, -0.15) is 0 Å². The van der Waals surface area contributed by atoms with Gasteiger partial charge in [-0.25, -0.2) is 0 Å². The molecule has 2 saturated heterocycles. The smallest absolute Gasteiger partial charge is 0.308 e. The molecule has 2 aliphatic heterocycles. The van der Waals surface area contributed by atoms with E-state index in [1.807, 2.05) is 71.9 Å². The number of carbonyl (C=O) groups excluding carboxylic acids is 6. The number of benzene rings is 1. The summed E-state index contributed by atoms with van der Waals surface area (Å²) in [4.78, 5) is 86.6. The Balaban J connectivity index is 2.08. The standard InChI is InChI=1S/C35H53N5O7/c1-21(2)19-27-34(45)40-18-12-15-26(40)31(42)37-25(20-24-13-10-9-11-14-24)33(44)39(8)30(23(5)6)35(46)38(7)29(22(3)4)32(43)36-17-16-28(41)47-27/h9-11,13-14,21-23,25-27,29-30H,12,15-20H2,1-8H3,(H,36,43)(H,37,42)/t25-,26-,27?,29?,30-/m0/s1. The minimum absolute atomic E-state index is 0.0186. The number of rotatable bonds is 6. The Morgan fingerprint density at radius 3 is 2.02 bits per heavy atom. The molecule has 0 aromatic heterocycles. The lowest BCUT2D eigenvalue weighted by Gasteiger charge is -2.38. The van der Waals surface area contributed by atoms with Crippen molar-refractivity contribution >= 4 is 35.5 Å². The first-order chi connectivity index (χ1) is 22.1. The first kappa shape index (κ1) is 37.5. The zero-order chi connectivity index (χ0) is 35.0. The zero-order valence-electron chi connectivity index (χ0n) is 29.2. The fourth-order valence-corrected chi connectivity index (χ4v) is 6.60. The van der Waals surface area contributed by atoms with Crippen molar-refractivity contribution in [3.05, 3.63) is 35.9 Å². The Morgan fingerprint density at radius 1 is 0.809 bits per heavy atom. The fraction of sp³-hybridized carbons (Fsp3) is 0.657. The second-order valence-electron chi connectivity index (χ2n) is 13.9. The SMILES string of the molecule is CC(C)CC1OC(=O)CCNC(=O)C(C(C)C)N(C)C(=O)[C@H](C(C)C)N(C)C(=O)[C@H](Cc2ccccc2)NC(=O)[C@@H]2CCCN2C1=O. The minimum Gasteiger partial charge on any atom is -0.452 e. The summed E-state index contributed by atoms with van der Waals surface area (Å²) in [7, 11) is 3.08. The number of nitrogens with zero attached hydrogens (tertiary/aromatic N) is 3. The Bertz CT molecular complexity index is 1280. The first-order valence-corrected chi connectivity index (χ1v) is 16.8. The van der Waals surface area contributed by atoms with Crippen molar-refractivity contribution in [1.82, 2.24) is 25.3 Å². The van der Waals surface area contributed by atoms with Crippen LogP contribution in [0.25, 0.3) is 0 Å². The van der Waals surface area contributed by atoms with Crippen LogP contribution in [-0.2, 0) is 39.9 Å². The van der Waals surface area contributed by atoms with Crippen molar-refractivity contribution in [1.29, 1.82) is 0 Å². The molecule has 0 saturated carbocycles. The van der Waals surface area contributed by atoms with Crippen molar-refractivity contribution in [2.75, 3.05) is 27.2 Å². The molecule has 2 fully saturated rings. The van der Waals surface area contributed by atoms with Gasteiger partial charge in [-0.1, -0.05) is 71.9 Å². The van der Waals surface area contributed by atoms with Crippen molar-refractivity contribution in [2.45, 2.75) is 104 Å². The minimum atomic E-state index is -1.10. The second-order valence-corrected chi connectivity index (χ2v) is 13.9. The van der Waals surface area contributed by atoms with E-state index in [0.717, 1.165) is 5.56 Å². The number of esters is 1. The van der Waals surface area contributed by atoms with E-state index >= 15 is 0 Å². The van der Waals surface area contributed by atoms with E-state index in [2.05, 4.69) is 10.6 Å². The van der Waals surface area contributed by atoms with Gasteiger partial charge in [-0.3, -0.25) is 28.8 Å². The van der Waals surface area contributed by atoms with E-state index in [4.69, 9.17) is 4.74 Å². The molecule has 0 spiro atoms. The highest BCUT2D eigenvalue weighted by atomic mass is 16.5. The van der Waals surface area contributed by atoms with Crippen LogP contribution in [0.2, 0.25) is 0 Å². The molecule has 1 aromatic carbocycles. The maximum Gasteiger partial charge on any atom is 0.308 e. The van der Waals surface area contributed by atoms with Crippen LogP contribution in [0.15, 0.2) is 30.3 Å². The summed E-state index contributed by atoms with van der Waals surface area (Å²) in [5, 5.41) is 5.67. The van der Waals surface area contributed by atoms with Crippen LogP contribution in [-0.4, -0.2) is 108 Å². The first-order valence-electron chi connectivity index (χ1n) is 16.8. The molecule has 0 radical (unpaired) electrons. The molecule has 5 amide bonds. The molecular formula is C35H53N5O7. The highest BCUT2D eigenvalue weighted by molar-refractivity contribution is 5.96. The summed E-state index contributed by atoms with van der Waals surface area (Å²) < 4.78 is 5.66. The maximum atomic E-state index is 14.3. The predicted octanol–water partition coefficient (Wildman–Crippen LogP) is 2.15. The van der Waals surface area contributed by atoms with Gasteiger partial charge in [0.05, 0.1) is 6.42 Å². The van der Waals surface area contributed by atoms with Gasteiger partial charge in [-0.15, -0.1) is 0 Å². The quantitative estimate of drug-likeness (QED) is 0.447. The number of cyclic esters (lactones) is 1. The average molecular weight is 656 g/mol. The van der Waals surface area contributed by atoms with Crippen LogP contribution >= 0.6 is 0 Å². The normalized spacial score (nSPS) is 26.2. The van der Waals surface area contributed by atoms with Gasteiger partial charge in [0.25, 0.3) is 5.91 Å². The molecule has 47 heavy (non-hydrogen) atoms. The van der Waals surface area contributed by atoms with Crippen LogP contribution in [0.3, 0.4) is 0 Å². The Kier molecular flexibility index (Phi) is 13.4. The van der Waals surface area contributed by atoms with Crippen LogP contribution in [0.5, 0.6) is 0 Å². The summed E-state index contributed by atoms with van der Waals surface area (Å²) in [6, 6.07) is 5.54. The summed E-state index contributed by atoms with van der Waals surface area (Å²) >= 11 is 0. The third-order valence-corrected chi connectivity index (χ3v) is 8.91. The zero-order valence-corrected chi connectivity index (χ0v) is 29.2. The van der Waals surface area contributed by atoms with Crippen molar-refractivity contribution in [2.24, 2.45) is 17.8 Å². The van der Waals surface area contributed by atoms with Gasteiger partial charge >= 0.3 is 5.97 Å². The van der Waals surface area contributed by atoms with Gasteiger partial charge < -0.3 is 30.1 Å². The van der Waals surface area contributed by atoms with Gasteiger partial charge in [0.1, 0.15) is 24.2 Å². The van der Waals surface area contributed by atoms with E-state index in [9.17, 15) is 28.8 Å². The monoisotopic (exact) mass is 655 g/mol. The lowest BCUT2D eigenvalue weighted by atomic mass is 9.96. The largest absolute Gasteiger partial charge is 0.452 e. The van der Waals surface area contributed by atoms with Gasteiger partial charge in [0.15, 0.2) is 6.10 Å². The molecule has 5 atom stereocenters. The van der Waals surface area contributed by atoms with Gasteiger partial charge in [0, 0.05) is 33.6 Å². The van der Waals surface area contributed by atoms with E-state index in [1.54, 1.807) is 7.05 Å².